The molecule has 0 bridgehead atoms. The quantitative estimate of drug-likeness (QED) is 0.474. The van der Waals surface area contributed by atoms with Gasteiger partial charge in [-0.3, -0.25) is 0 Å². The molecule has 2 atom stereocenters. The van der Waals surface area contributed by atoms with Gasteiger partial charge in [0.05, 0.1) is 10.9 Å². The van der Waals surface area contributed by atoms with Crippen molar-refractivity contribution >= 4 is 27.5 Å². The second kappa shape index (κ2) is 11.9. The number of likely N-dealkylation sites (tertiary alicyclic amines) is 1. The lowest BCUT2D eigenvalue weighted by molar-refractivity contribution is 0.228. The molecule has 4 heterocycles. The number of hydrogen-bond acceptors (Lipinski definition) is 8. The molecular weight excluding hydrogens is 529 g/mol. The second-order valence-electron chi connectivity index (χ2n) is 11.1. The van der Waals surface area contributed by atoms with E-state index in [0.29, 0.717) is 23.1 Å². The van der Waals surface area contributed by atoms with Crippen LogP contribution in [0.4, 0.5) is 21.8 Å². The van der Waals surface area contributed by atoms with Crippen LogP contribution in [0.3, 0.4) is 0 Å². The molecule has 6 rings (SSSR count). The second-order valence-corrected chi connectivity index (χ2v) is 13.0. The van der Waals surface area contributed by atoms with Crippen LogP contribution in [0.25, 0.3) is 0 Å². The molecule has 2 aromatic rings. The number of anilines is 3. The molecule has 0 saturated carbocycles. The summed E-state index contributed by atoms with van der Waals surface area (Å²) >= 11 is 0. The van der Waals surface area contributed by atoms with Crippen LogP contribution in [0.15, 0.2) is 65.5 Å². The summed E-state index contributed by atoms with van der Waals surface area (Å²) in [4.78, 5) is 13.9. The van der Waals surface area contributed by atoms with Crippen molar-refractivity contribution in [3.05, 3.63) is 60.6 Å². The average Bonchev–Trinajstić information content (AvgIpc) is 3.64. The predicted octanol–water partition coefficient (Wildman–Crippen LogP) is 3.68. The van der Waals surface area contributed by atoms with Gasteiger partial charge < -0.3 is 20.4 Å². The van der Waals surface area contributed by atoms with Crippen molar-refractivity contribution < 1.29 is 12.8 Å². The van der Waals surface area contributed by atoms with Crippen LogP contribution in [-0.4, -0.2) is 85.5 Å². The molecule has 4 aliphatic rings. The lowest BCUT2D eigenvalue weighted by Crippen LogP contribution is -2.48. The Morgan fingerprint density at radius 3 is 2.60 bits per heavy atom. The monoisotopic (exact) mass is 567 g/mol. The Kier molecular flexibility index (Phi) is 8.15. The van der Waals surface area contributed by atoms with Crippen molar-refractivity contribution in [2.24, 2.45) is 5.92 Å². The van der Waals surface area contributed by atoms with Crippen LogP contribution in [0, 0.1) is 5.92 Å². The summed E-state index contributed by atoms with van der Waals surface area (Å²) in [6, 6.07) is 8.84. The number of piperidine rings is 1. The molecule has 3 saturated heterocycles. The lowest BCUT2D eigenvalue weighted by Gasteiger charge is -2.34. The highest BCUT2D eigenvalue weighted by molar-refractivity contribution is 7.89. The fraction of sp³-hybridized carbons (Fsp3) is 0.517. The van der Waals surface area contributed by atoms with E-state index in [1.54, 1.807) is 40.8 Å². The number of halogens is 1. The van der Waals surface area contributed by atoms with Crippen LogP contribution in [0.5, 0.6) is 0 Å². The fourth-order valence-electron chi connectivity index (χ4n) is 6.37. The van der Waals surface area contributed by atoms with Gasteiger partial charge in [0.2, 0.25) is 16.0 Å². The van der Waals surface area contributed by atoms with Gasteiger partial charge >= 0.3 is 0 Å². The molecule has 40 heavy (non-hydrogen) atoms. The summed E-state index contributed by atoms with van der Waals surface area (Å²) in [5, 5.41) is 6.57. The Bertz CT molecular complexity index is 1340. The van der Waals surface area contributed by atoms with Gasteiger partial charge in [-0.25, -0.2) is 17.8 Å². The van der Waals surface area contributed by atoms with Gasteiger partial charge in [0.25, 0.3) is 0 Å². The molecule has 1 aromatic carbocycles. The molecule has 9 nitrogen and oxygen atoms in total. The van der Waals surface area contributed by atoms with Gasteiger partial charge in [0.1, 0.15) is 11.6 Å². The first kappa shape index (κ1) is 27.3. The van der Waals surface area contributed by atoms with Gasteiger partial charge in [-0.05, 0) is 101 Å². The first-order valence-corrected chi connectivity index (χ1v) is 15.9. The summed E-state index contributed by atoms with van der Waals surface area (Å²) in [6.45, 7) is 5.86. The minimum Gasteiger partial charge on any atom is -0.349 e. The van der Waals surface area contributed by atoms with E-state index in [-0.39, 0.29) is 23.8 Å². The van der Waals surface area contributed by atoms with Gasteiger partial charge in [-0.15, -0.1) is 0 Å². The molecule has 1 aromatic heterocycles. The molecule has 3 aliphatic heterocycles. The summed E-state index contributed by atoms with van der Waals surface area (Å²) in [5.41, 5.74) is 0.712. The summed E-state index contributed by atoms with van der Waals surface area (Å²) < 4.78 is 43.1. The van der Waals surface area contributed by atoms with E-state index >= 15 is 0 Å². The maximum Gasteiger partial charge on any atom is 0.243 e. The Balaban J connectivity index is 1.15. The SMILES string of the molecule is O=S(=O)(c1ccc(Nc2nccc(N3CCC4C=C(F)C=CC43)n2)cc1)N(CCN1CCCC1)C1CCNCC1. The van der Waals surface area contributed by atoms with Gasteiger partial charge in [0, 0.05) is 43.5 Å². The van der Waals surface area contributed by atoms with Crippen molar-refractivity contribution in [1.29, 1.82) is 0 Å². The third-order valence-electron chi connectivity index (χ3n) is 8.53. The molecular formula is C29H38FN7O2S. The van der Waals surface area contributed by atoms with Crippen molar-refractivity contribution in [1.82, 2.24) is 24.5 Å². The van der Waals surface area contributed by atoms with E-state index in [1.165, 1.54) is 18.9 Å². The zero-order chi connectivity index (χ0) is 27.5. The number of rotatable bonds is 9. The zero-order valence-corrected chi connectivity index (χ0v) is 23.6. The van der Waals surface area contributed by atoms with Crippen LogP contribution in [0.2, 0.25) is 0 Å². The van der Waals surface area contributed by atoms with Crippen LogP contribution < -0.4 is 15.5 Å². The van der Waals surface area contributed by atoms with Crippen molar-refractivity contribution in [3.63, 3.8) is 0 Å². The highest BCUT2D eigenvalue weighted by atomic mass is 32.2. The van der Waals surface area contributed by atoms with Crippen LogP contribution in [0.1, 0.15) is 32.1 Å². The van der Waals surface area contributed by atoms with E-state index < -0.39 is 10.0 Å². The Hall–Kier alpha value is -2.86. The van der Waals surface area contributed by atoms with Gasteiger partial charge in [0.15, 0.2) is 0 Å². The number of nitrogens with zero attached hydrogens (tertiary/aromatic N) is 5. The van der Waals surface area contributed by atoms with Crippen molar-refractivity contribution in [2.75, 3.05) is 56.0 Å². The smallest absolute Gasteiger partial charge is 0.243 e. The first-order valence-electron chi connectivity index (χ1n) is 14.4. The minimum absolute atomic E-state index is 0.0129. The third-order valence-corrected chi connectivity index (χ3v) is 10.5. The predicted molar refractivity (Wildman–Crippen MR) is 155 cm³/mol. The molecule has 11 heteroatoms. The maximum atomic E-state index is 13.8. The van der Waals surface area contributed by atoms with Crippen LogP contribution >= 0.6 is 0 Å². The highest BCUT2D eigenvalue weighted by Gasteiger charge is 2.35. The normalized spacial score (nSPS) is 23.9. The molecule has 1 aliphatic carbocycles. The van der Waals surface area contributed by atoms with Gasteiger partial charge in [-0.1, -0.05) is 6.08 Å². The number of fused-ring (bicyclic) bond motifs is 1. The molecule has 0 radical (unpaired) electrons. The zero-order valence-electron chi connectivity index (χ0n) is 22.8. The van der Waals surface area contributed by atoms with E-state index in [2.05, 4.69) is 25.4 Å². The molecule has 2 unspecified atom stereocenters. The Morgan fingerprint density at radius 2 is 1.82 bits per heavy atom. The topological polar surface area (TPSA) is 93.7 Å². The standard InChI is InChI=1S/C29H38FN7O2S/c30-23-3-8-27-22(21-23)12-18-36(27)28-11-15-32-29(34-28)33-24-4-6-26(7-5-24)40(38,39)37(25-9-13-31-14-10-25)20-19-35-16-1-2-17-35/h3-8,11,15,21-22,25,27,31H,1-2,9-10,12-14,16-20H2,(H,32,33,34). The third kappa shape index (κ3) is 5.93. The molecule has 0 spiro atoms. The largest absolute Gasteiger partial charge is 0.349 e. The number of aromatic nitrogens is 2. The Morgan fingerprint density at radius 1 is 1.05 bits per heavy atom. The summed E-state index contributed by atoms with van der Waals surface area (Å²) in [5.74, 6) is 1.18. The molecule has 214 valence electrons. The highest BCUT2D eigenvalue weighted by Crippen LogP contribution is 2.34. The molecule has 3 fully saturated rings. The van der Waals surface area contributed by atoms with Gasteiger partial charge in [-0.2, -0.15) is 9.29 Å². The van der Waals surface area contributed by atoms with Crippen molar-refractivity contribution in [2.45, 2.75) is 49.1 Å². The fourth-order valence-corrected chi connectivity index (χ4v) is 8.05. The number of benzene rings is 1. The van der Waals surface area contributed by atoms with E-state index in [4.69, 9.17) is 4.98 Å². The number of sulfonamides is 1. The summed E-state index contributed by atoms with van der Waals surface area (Å²) in [6.07, 6.45) is 11.7. The molecule has 0 amide bonds. The number of allylic oxidation sites excluding steroid dienone is 2. The summed E-state index contributed by atoms with van der Waals surface area (Å²) in [7, 11) is -3.64. The molecule has 2 N–H and O–H groups in total. The number of hydrogen-bond donors (Lipinski definition) is 2. The van der Waals surface area contributed by atoms with E-state index in [1.807, 2.05) is 12.1 Å². The van der Waals surface area contributed by atoms with E-state index in [0.717, 1.165) is 64.3 Å². The van der Waals surface area contributed by atoms with E-state index in [9.17, 15) is 12.8 Å². The average molecular weight is 568 g/mol. The minimum atomic E-state index is -3.64. The maximum absolute atomic E-state index is 13.8. The number of nitrogens with one attached hydrogen (secondary N) is 2. The first-order chi connectivity index (χ1) is 19.5. The Labute approximate surface area is 236 Å². The van der Waals surface area contributed by atoms with Crippen molar-refractivity contribution in [3.8, 4) is 0 Å². The van der Waals surface area contributed by atoms with Crippen LogP contribution in [-0.2, 0) is 10.0 Å². The lowest BCUT2D eigenvalue weighted by atomic mass is 9.95.